The predicted molar refractivity (Wildman–Crippen MR) is 73.1 cm³/mol. The second kappa shape index (κ2) is 4.76. The fourth-order valence-corrected chi connectivity index (χ4v) is 1.99. The number of fused-ring (bicyclic) bond motifs is 1. The van der Waals surface area contributed by atoms with E-state index >= 15 is 0 Å². The average molecular weight is 270 g/mol. The van der Waals surface area contributed by atoms with Gasteiger partial charge in [0.15, 0.2) is 0 Å². The quantitative estimate of drug-likeness (QED) is 0.923. The molecule has 0 amide bonds. The van der Waals surface area contributed by atoms with E-state index < -0.39 is 5.82 Å². The lowest BCUT2D eigenvalue weighted by Crippen LogP contribution is -2.14. The molecule has 2 N–H and O–H groups in total. The average Bonchev–Trinajstić information content (AvgIpc) is 2.56. The van der Waals surface area contributed by atoms with Gasteiger partial charge in [-0.15, -0.1) is 0 Å². The smallest absolute Gasteiger partial charge is 0.201 e. The van der Waals surface area contributed by atoms with Crippen LogP contribution in [0.15, 0.2) is 12.1 Å². The molecule has 0 fully saturated rings. The maximum atomic E-state index is 13.5. The van der Waals surface area contributed by atoms with Crippen molar-refractivity contribution < 1.29 is 4.39 Å². The van der Waals surface area contributed by atoms with E-state index in [4.69, 9.17) is 17.3 Å². The Bertz CT molecular complexity index is 577. The fourth-order valence-electron chi connectivity index (χ4n) is 1.83. The van der Waals surface area contributed by atoms with Gasteiger partial charge in [-0.1, -0.05) is 32.4 Å². The first kappa shape index (κ1) is 13.1. The molecule has 18 heavy (non-hydrogen) atoms. The van der Waals surface area contributed by atoms with Crippen LogP contribution in [-0.2, 0) is 6.54 Å². The zero-order valence-electron chi connectivity index (χ0n) is 10.7. The first-order valence-corrected chi connectivity index (χ1v) is 6.38. The van der Waals surface area contributed by atoms with E-state index in [9.17, 15) is 4.39 Å². The Hall–Kier alpha value is -1.29. The lowest BCUT2D eigenvalue weighted by molar-refractivity contribution is 0.371. The number of benzene rings is 1. The van der Waals surface area contributed by atoms with Gasteiger partial charge in [-0.3, -0.25) is 0 Å². The lowest BCUT2D eigenvalue weighted by Gasteiger charge is -2.17. The molecule has 3 nitrogen and oxygen atoms in total. The van der Waals surface area contributed by atoms with E-state index in [1.54, 1.807) is 0 Å². The van der Waals surface area contributed by atoms with Crippen LogP contribution >= 0.6 is 11.6 Å². The summed E-state index contributed by atoms with van der Waals surface area (Å²) in [6.45, 7) is 7.16. The number of rotatable bonds is 3. The van der Waals surface area contributed by atoms with Crippen molar-refractivity contribution in [1.29, 1.82) is 0 Å². The Labute approximate surface area is 111 Å². The maximum Gasteiger partial charge on any atom is 0.201 e. The van der Waals surface area contributed by atoms with Crippen LogP contribution in [0, 0.1) is 17.7 Å². The van der Waals surface area contributed by atoms with Crippen molar-refractivity contribution in [2.45, 2.75) is 27.3 Å². The number of hydrogen-bond donors (Lipinski definition) is 1. The number of nitrogens with zero attached hydrogens (tertiary/aromatic N) is 2. The Kier molecular flexibility index (Phi) is 3.48. The molecule has 0 radical (unpaired) electrons. The van der Waals surface area contributed by atoms with Gasteiger partial charge in [0, 0.05) is 12.6 Å². The van der Waals surface area contributed by atoms with Gasteiger partial charge in [0.05, 0.1) is 16.1 Å². The highest BCUT2D eigenvalue weighted by Crippen LogP contribution is 2.26. The van der Waals surface area contributed by atoms with E-state index in [1.807, 2.05) is 4.57 Å². The molecule has 1 heterocycles. The minimum absolute atomic E-state index is 0.0732. The Morgan fingerprint density at radius 2 is 2.06 bits per heavy atom. The molecule has 5 heteroatoms. The van der Waals surface area contributed by atoms with Crippen LogP contribution in [0.4, 0.5) is 10.3 Å². The van der Waals surface area contributed by atoms with Crippen LogP contribution in [0.2, 0.25) is 5.02 Å². The molecule has 0 aliphatic rings. The summed E-state index contributed by atoms with van der Waals surface area (Å²) in [5, 5.41) is 0.0732. The van der Waals surface area contributed by atoms with Crippen molar-refractivity contribution in [3.05, 3.63) is 23.0 Å². The van der Waals surface area contributed by atoms with Gasteiger partial charge in [0.2, 0.25) is 5.95 Å². The van der Waals surface area contributed by atoms with E-state index in [-0.39, 0.29) is 5.02 Å². The van der Waals surface area contributed by atoms with Gasteiger partial charge in [0.25, 0.3) is 0 Å². The molecule has 0 aliphatic heterocycles. The predicted octanol–water partition coefficient (Wildman–Crippen LogP) is 3.70. The Morgan fingerprint density at radius 3 is 2.67 bits per heavy atom. The van der Waals surface area contributed by atoms with Crippen molar-refractivity contribution in [1.82, 2.24) is 9.55 Å². The third kappa shape index (κ3) is 2.29. The van der Waals surface area contributed by atoms with Gasteiger partial charge in [0.1, 0.15) is 5.82 Å². The second-order valence-electron chi connectivity index (χ2n) is 5.06. The minimum atomic E-state index is -0.442. The summed E-state index contributed by atoms with van der Waals surface area (Å²) in [4.78, 5) is 4.22. The molecule has 0 saturated heterocycles. The van der Waals surface area contributed by atoms with Gasteiger partial charge in [-0.25, -0.2) is 9.37 Å². The number of hydrogen-bond acceptors (Lipinski definition) is 2. The van der Waals surface area contributed by atoms with Crippen LogP contribution < -0.4 is 5.73 Å². The number of halogens is 2. The zero-order chi connectivity index (χ0) is 13.4. The van der Waals surface area contributed by atoms with Gasteiger partial charge in [-0.05, 0) is 17.9 Å². The number of imidazole rings is 1. The van der Waals surface area contributed by atoms with Crippen LogP contribution in [0.3, 0.4) is 0 Å². The molecule has 1 unspecified atom stereocenters. The number of nitrogens with two attached hydrogens (primary N) is 1. The summed E-state index contributed by atoms with van der Waals surface area (Å²) in [5.41, 5.74) is 7.22. The molecule has 0 aliphatic carbocycles. The Morgan fingerprint density at radius 1 is 1.39 bits per heavy atom. The molecule has 1 aromatic heterocycles. The van der Waals surface area contributed by atoms with Crippen molar-refractivity contribution in [3.8, 4) is 0 Å². The van der Waals surface area contributed by atoms with E-state index in [0.717, 1.165) is 6.54 Å². The molecule has 0 spiro atoms. The van der Waals surface area contributed by atoms with Gasteiger partial charge in [-0.2, -0.15) is 0 Å². The second-order valence-corrected chi connectivity index (χ2v) is 5.46. The molecular weight excluding hydrogens is 253 g/mol. The van der Waals surface area contributed by atoms with Crippen LogP contribution in [0.1, 0.15) is 20.8 Å². The minimum Gasteiger partial charge on any atom is -0.369 e. The number of anilines is 1. The summed E-state index contributed by atoms with van der Waals surface area (Å²) in [7, 11) is 0. The van der Waals surface area contributed by atoms with Gasteiger partial charge >= 0.3 is 0 Å². The van der Waals surface area contributed by atoms with Crippen molar-refractivity contribution in [3.63, 3.8) is 0 Å². The summed E-state index contributed by atoms with van der Waals surface area (Å²) in [6, 6.07) is 2.91. The van der Waals surface area contributed by atoms with E-state index in [1.165, 1.54) is 12.1 Å². The molecule has 98 valence electrons. The van der Waals surface area contributed by atoms with Crippen LogP contribution in [-0.4, -0.2) is 9.55 Å². The van der Waals surface area contributed by atoms with Crippen molar-refractivity contribution >= 4 is 28.6 Å². The largest absolute Gasteiger partial charge is 0.369 e. The molecule has 2 aromatic rings. The summed E-state index contributed by atoms with van der Waals surface area (Å²) in [5.74, 6) is 0.920. The topological polar surface area (TPSA) is 43.8 Å². The normalized spacial score (nSPS) is 13.4. The number of aromatic nitrogens is 2. The first-order valence-electron chi connectivity index (χ1n) is 6.01. The van der Waals surface area contributed by atoms with E-state index in [0.29, 0.717) is 28.8 Å². The number of nitrogen functional groups attached to an aromatic ring is 1. The molecule has 1 aromatic carbocycles. The molecule has 0 bridgehead atoms. The Balaban J connectivity index is 2.50. The highest BCUT2D eigenvalue weighted by Gasteiger charge is 2.15. The van der Waals surface area contributed by atoms with Gasteiger partial charge < -0.3 is 10.3 Å². The highest BCUT2D eigenvalue weighted by molar-refractivity contribution is 6.31. The monoisotopic (exact) mass is 269 g/mol. The molecule has 2 rings (SSSR count). The van der Waals surface area contributed by atoms with Crippen molar-refractivity contribution in [2.24, 2.45) is 11.8 Å². The standard InChI is InChI=1S/C13H17ClFN3/c1-7(2)8(3)6-18-12-5-10(15)9(14)4-11(12)17-13(18)16/h4-5,7-8H,6H2,1-3H3,(H2,16,17). The molecule has 1 atom stereocenters. The fraction of sp³-hybridized carbons (Fsp3) is 0.462. The summed E-state index contributed by atoms with van der Waals surface area (Å²) < 4.78 is 15.4. The third-order valence-corrected chi connectivity index (χ3v) is 3.72. The SMILES string of the molecule is CC(C)C(C)Cn1c(N)nc2cc(Cl)c(F)cc21. The zero-order valence-corrected chi connectivity index (χ0v) is 11.5. The lowest BCUT2D eigenvalue weighted by atomic mass is 9.98. The third-order valence-electron chi connectivity index (χ3n) is 3.43. The van der Waals surface area contributed by atoms with Crippen LogP contribution in [0.5, 0.6) is 0 Å². The molecular formula is C13H17ClFN3. The van der Waals surface area contributed by atoms with Crippen molar-refractivity contribution in [2.75, 3.05) is 5.73 Å². The molecule has 0 saturated carbocycles. The summed E-state index contributed by atoms with van der Waals surface area (Å²) in [6.07, 6.45) is 0. The first-order chi connectivity index (χ1) is 8.40. The highest BCUT2D eigenvalue weighted by atomic mass is 35.5. The van der Waals surface area contributed by atoms with E-state index in [2.05, 4.69) is 25.8 Å². The maximum absolute atomic E-state index is 13.5. The van der Waals surface area contributed by atoms with Crippen LogP contribution in [0.25, 0.3) is 11.0 Å². The summed E-state index contributed by atoms with van der Waals surface area (Å²) >= 11 is 5.74.